The first-order valence-electron chi connectivity index (χ1n) is 8.18. The van der Waals surface area contributed by atoms with Crippen molar-refractivity contribution in [1.82, 2.24) is 4.31 Å². The number of hydrogen-bond donors (Lipinski definition) is 0. The molecule has 1 aliphatic carbocycles. The average molecular weight is 377 g/mol. The van der Waals surface area contributed by atoms with Crippen LogP contribution in [0.2, 0.25) is 0 Å². The van der Waals surface area contributed by atoms with Crippen LogP contribution >= 0.6 is 0 Å². The number of fused-ring (bicyclic) bond motifs is 1. The molecule has 26 heavy (non-hydrogen) atoms. The molecule has 7 nitrogen and oxygen atoms in total. The maximum Gasteiger partial charge on any atom is 0.325 e. The molecule has 1 fully saturated rings. The van der Waals surface area contributed by atoms with Crippen LogP contribution in [-0.4, -0.2) is 44.0 Å². The number of sulfonamides is 1. The van der Waals surface area contributed by atoms with Gasteiger partial charge in [0.05, 0.1) is 12.0 Å². The van der Waals surface area contributed by atoms with Crippen molar-refractivity contribution in [3.63, 3.8) is 0 Å². The van der Waals surface area contributed by atoms with Crippen molar-refractivity contribution in [1.29, 1.82) is 0 Å². The normalized spacial score (nSPS) is 25.8. The number of benzene rings is 1. The minimum Gasteiger partial charge on any atom is -0.468 e. The Balaban J connectivity index is 2.08. The number of methoxy groups -OCH3 is 1. The second-order valence-electron chi connectivity index (χ2n) is 6.55. The SMILES string of the molecule is COC(=O)C12C=CC(=O)CC1CCN(S(=O)(=O)c1ccc(C)cc1)C2=O. The third kappa shape index (κ3) is 2.65. The van der Waals surface area contributed by atoms with Gasteiger partial charge in [-0.05, 0) is 37.5 Å². The quantitative estimate of drug-likeness (QED) is 0.580. The van der Waals surface area contributed by atoms with Crippen LogP contribution in [-0.2, 0) is 29.1 Å². The largest absolute Gasteiger partial charge is 0.468 e. The summed E-state index contributed by atoms with van der Waals surface area (Å²) in [6.07, 6.45) is 2.58. The second kappa shape index (κ2) is 6.35. The van der Waals surface area contributed by atoms with Crippen molar-refractivity contribution in [3.8, 4) is 0 Å². The first-order chi connectivity index (χ1) is 12.2. The van der Waals surface area contributed by atoms with Gasteiger partial charge in [0.25, 0.3) is 15.9 Å². The Bertz CT molecular complexity index is 902. The highest BCUT2D eigenvalue weighted by Gasteiger charge is 2.59. The van der Waals surface area contributed by atoms with E-state index in [1.807, 2.05) is 6.92 Å². The Morgan fingerprint density at radius 2 is 1.88 bits per heavy atom. The fourth-order valence-electron chi connectivity index (χ4n) is 3.55. The fraction of sp³-hybridized carbons (Fsp3) is 0.389. The zero-order chi connectivity index (χ0) is 19.1. The molecule has 0 spiro atoms. The summed E-state index contributed by atoms with van der Waals surface area (Å²) in [4.78, 5) is 37.3. The molecule has 2 atom stereocenters. The number of ether oxygens (including phenoxy) is 1. The van der Waals surface area contributed by atoms with E-state index in [1.165, 1.54) is 18.2 Å². The summed E-state index contributed by atoms with van der Waals surface area (Å²) in [5, 5.41) is 0. The van der Waals surface area contributed by atoms with Gasteiger partial charge in [-0.3, -0.25) is 14.4 Å². The highest BCUT2D eigenvalue weighted by Crippen LogP contribution is 2.45. The molecule has 0 saturated carbocycles. The smallest absolute Gasteiger partial charge is 0.325 e. The number of carbonyl (C=O) groups is 3. The Labute approximate surface area is 151 Å². The molecule has 0 aromatic heterocycles. The molecule has 2 unspecified atom stereocenters. The van der Waals surface area contributed by atoms with E-state index >= 15 is 0 Å². The van der Waals surface area contributed by atoms with Crippen LogP contribution in [0.3, 0.4) is 0 Å². The van der Waals surface area contributed by atoms with Gasteiger partial charge in [-0.15, -0.1) is 0 Å². The summed E-state index contributed by atoms with van der Waals surface area (Å²) in [5.41, 5.74) is -0.896. The molecular weight excluding hydrogens is 358 g/mol. The van der Waals surface area contributed by atoms with Gasteiger partial charge in [-0.2, -0.15) is 0 Å². The zero-order valence-corrected chi connectivity index (χ0v) is 15.3. The van der Waals surface area contributed by atoms with E-state index in [9.17, 15) is 22.8 Å². The number of nitrogens with zero attached hydrogens (tertiary/aromatic N) is 1. The van der Waals surface area contributed by atoms with E-state index in [0.29, 0.717) is 0 Å². The van der Waals surface area contributed by atoms with Crippen molar-refractivity contribution in [2.24, 2.45) is 11.3 Å². The number of rotatable bonds is 3. The second-order valence-corrected chi connectivity index (χ2v) is 8.41. The number of carbonyl (C=O) groups excluding carboxylic acids is 3. The number of ketones is 1. The molecule has 3 rings (SSSR count). The van der Waals surface area contributed by atoms with Crippen molar-refractivity contribution in [2.75, 3.05) is 13.7 Å². The van der Waals surface area contributed by atoms with E-state index < -0.39 is 33.2 Å². The minimum absolute atomic E-state index is 0.00968. The summed E-state index contributed by atoms with van der Waals surface area (Å²) in [5.74, 6) is -2.52. The molecule has 138 valence electrons. The first kappa shape index (κ1) is 18.3. The Hall–Kier alpha value is -2.48. The highest BCUT2D eigenvalue weighted by molar-refractivity contribution is 7.89. The molecule has 0 N–H and O–H groups in total. The number of hydrogen-bond acceptors (Lipinski definition) is 6. The molecule has 8 heteroatoms. The lowest BCUT2D eigenvalue weighted by atomic mass is 9.66. The van der Waals surface area contributed by atoms with Gasteiger partial charge in [0, 0.05) is 13.0 Å². The van der Waals surface area contributed by atoms with E-state index in [0.717, 1.165) is 23.1 Å². The van der Waals surface area contributed by atoms with Crippen molar-refractivity contribution in [2.45, 2.75) is 24.7 Å². The number of esters is 1. The number of amides is 1. The standard InChI is InChI=1S/C18H19NO6S/c1-12-3-5-15(6-4-12)26(23,24)19-10-8-13-11-14(20)7-9-18(13,16(19)21)17(22)25-2/h3-7,9,13H,8,10-11H2,1-2H3. The van der Waals surface area contributed by atoms with Crippen LogP contribution in [0.4, 0.5) is 0 Å². The van der Waals surface area contributed by atoms with Gasteiger partial charge >= 0.3 is 5.97 Å². The topological polar surface area (TPSA) is 97.8 Å². The van der Waals surface area contributed by atoms with Crippen LogP contribution in [0.15, 0.2) is 41.3 Å². The van der Waals surface area contributed by atoms with E-state index in [2.05, 4.69) is 0 Å². The molecule has 0 radical (unpaired) electrons. The third-order valence-corrected chi connectivity index (χ3v) is 6.81. The van der Waals surface area contributed by atoms with Crippen molar-refractivity contribution >= 4 is 27.7 Å². The minimum atomic E-state index is -4.11. The average Bonchev–Trinajstić information content (AvgIpc) is 2.61. The fourth-order valence-corrected chi connectivity index (χ4v) is 5.00. The number of piperidine rings is 1. The molecule has 2 aliphatic rings. The summed E-state index contributed by atoms with van der Waals surface area (Å²) >= 11 is 0. The molecular formula is C18H19NO6S. The lowest BCUT2D eigenvalue weighted by molar-refractivity contribution is -0.165. The van der Waals surface area contributed by atoms with Crippen LogP contribution in [0, 0.1) is 18.3 Å². The molecule has 1 heterocycles. The van der Waals surface area contributed by atoms with Crippen LogP contribution < -0.4 is 0 Å². The van der Waals surface area contributed by atoms with Gasteiger partial charge in [0.2, 0.25) is 0 Å². The summed E-state index contributed by atoms with van der Waals surface area (Å²) in [6.45, 7) is 1.74. The summed E-state index contributed by atoms with van der Waals surface area (Å²) < 4.78 is 31.4. The molecule has 1 amide bonds. The predicted molar refractivity (Wildman–Crippen MR) is 91.4 cm³/mol. The van der Waals surface area contributed by atoms with Gasteiger partial charge in [0.1, 0.15) is 0 Å². The summed E-state index contributed by atoms with van der Waals surface area (Å²) in [6, 6.07) is 6.13. The van der Waals surface area contributed by atoms with Gasteiger partial charge in [-0.1, -0.05) is 23.8 Å². The maximum atomic E-state index is 13.2. The molecule has 1 aliphatic heterocycles. The van der Waals surface area contributed by atoms with Gasteiger partial charge in [-0.25, -0.2) is 12.7 Å². The molecule has 1 aromatic carbocycles. The van der Waals surface area contributed by atoms with Crippen LogP contribution in [0.25, 0.3) is 0 Å². The van der Waals surface area contributed by atoms with Crippen molar-refractivity contribution in [3.05, 3.63) is 42.0 Å². The van der Waals surface area contributed by atoms with Gasteiger partial charge in [0.15, 0.2) is 11.2 Å². The van der Waals surface area contributed by atoms with Crippen LogP contribution in [0.5, 0.6) is 0 Å². The van der Waals surface area contributed by atoms with Gasteiger partial charge < -0.3 is 4.74 Å². The third-order valence-electron chi connectivity index (χ3n) is 5.02. The maximum absolute atomic E-state index is 13.2. The Morgan fingerprint density at radius 3 is 2.50 bits per heavy atom. The van der Waals surface area contributed by atoms with E-state index in [4.69, 9.17) is 4.74 Å². The summed E-state index contributed by atoms with van der Waals surface area (Å²) in [7, 11) is -2.98. The lowest BCUT2D eigenvalue weighted by Gasteiger charge is -2.43. The van der Waals surface area contributed by atoms with E-state index in [-0.39, 0.29) is 30.1 Å². The predicted octanol–water partition coefficient (Wildman–Crippen LogP) is 1.22. The molecule has 0 bridgehead atoms. The zero-order valence-electron chi connectivity index (χ0n) is 14.5. The monoisotopic (exact) mass is 377 g/mol. The highest BCUT2D eigenvalue weighted by atomic mass is 32.2. The molecule has 1 aromatic rings. The van der Waals surface area contributed by atoms with Crippen molar-refractivity contribution < 1.29 is 27.5 Å². The van der Waals surface area contributed by atoms with E-state index in [1.54, 1.807) is 12.1 Å². The first-order valence-corrected chi connectivity index (χ1v) is 9.62. The number of aryl methyl sites for hydroxylation is 1. The Kier molecular flexibility index (Phi) is 4.47. The molecule has 1 saturated heterocycles. The van der Waals surface area contributed by atoms with Crippen LogP contribution in [0.1, 0.15) is 18.4 Å². The Morgan fingerprint density at radius 1 is 1.23 bits per heavy atom. The lowest BCUT2D eigenvalue weighted by Crippen LogP contribution is -2.59. The number of allylic oxidation sites excluding steroid dienone is 1.